The second kappa shape index (κ2) is 6.72. The first kappa shape index (κ1) is 16.6. The third-order valence-electron chi connectivity index (χ3n) is 3.92. The van der Waals surface area contributed by atoms with Gasteiger partial charge in [-0.25, -0.2) is 4.98 Å². The minimum absolute atomic E-state index is 0.173. The third-order valence-corrected chi connectivity index (χ3v) is 3.92. The Morgan fingerprint density at radius 1 is 1.24 bits per heavy atom. The van der Waals surface area contributed by atoms with Crippen LogP contribution in [0.3, 0.4) is 0 Å². The molecular weight excluding hydrogens is 320 g/mol. The van der Waals surface area contributed by atoms with Gasteiger partial charge in [0.1, 0.15) is 11.3 Å². The lowest BCUT2D eigenvalue weighted by atomic mass is 10.1. The van der Waals surface area contributed by atoms with E-state index in [4.69, 9.17) is 4.52 Å². The molecule has 0 saturated carbocycles. The minimum Gasteiger partial charge on any atom is -0.361 e. The van der Waals surface area contributed by atoms with Crippen LogP contribution in [0.4, 0.5) is 5.69 Å². The number of aromatic nitrogens is 3. The fourth-order valence-electron chi connectivity index (χ4n) is 2.56. The summed E-state index contributed by atoms with van der Waals surface area (Å²) in [7, 11) is 1.77. The summed E-state index contributed by atoms with van der Waals surface area (Å²) >= 11 is 0. The fraction of sp³-hybridized carbons (Fsp3) is 0.222. The molecule has 0 radical (unpaired) electrons. The molecule has 7 nitrogen and oxygen atoms in total. The highest BCUT2D eigenvalue weighted by atomic mass is 16.5. The number of anilines is 1. The van der Waals surface area contributed by atoms with Crippen LogP contribution >= 0.6 is 0 Å². The maximum Gasteiger partial charge on any atom is 0.261 e. The van der Waals surface area contributed by atoms with Crippen molar-refractivity contribution in [3.8, 4) is 0 Å². The molecular formula is C18H18N4O3. The zero-order valence-corrected chi connectivity index (χ0v) is 14.2. The van der Waals surface area contributed by atoms with Crippen molar-refractivity contribution in [2.45, 2.75) is 20.3 Å². The Morgan fingerprint density at radius 3 is 2.56 bits per heavy atom. The van der Waals surface area contributed by atoms with Gasteiger partial charge in [0.2, 0.25) is 5.78 Å². The molecule has 1 amide bonds. The molecule has 1 N–H and O–H groups in total. The van der Waals surface area contributed by atoms with E-state index in [1.54, 1.807) is 55.2 Å². The number of aryl methyl sites for hydroxylation is 3. The van der Waals surface area contributed by atoms with E-state index in [-0.39, 0.29) is 11.7 Å². The van der Waals surface area contributed by atoms with Gasteiger partial charge in [-0.1, -0.05) is 12.1 Å². The summed E-state index contributed by atoms with van der Waals surface area (Å²) in [5.74, 6) is 0.396. The molecule has 0 fully saturated rings. The Morgan fingerprint density at radius 2 is 1.96 bits per heavy atom. The van der Waals surface area contributed by atoms with Crippen molar-refractivity contribution in [1.82, 2.24) is 14.7 Å². The first-order chi connectivity index (χ1) is 12.0. The number of hydrogen-bond donors (Lipinski definition) is 1. The van der Waals surface area contributed by atoms with Crippen LogP contribution in [-0.4, -0.2) is 26.4 Å². The van der Waals surface area contributed by atoms with Crippen molar-refractivity contribution in [2.75, 3.05) is 5.32 Å². The van der Waals surface area contributed by atoms with Crippen LogP contribution in [0.25, 0.3) is 0 Å². The number of nitrogens with one attached hydrogen (secondary N) is 1. The number of benzene rings is 1. The molecule has 128 valence electrons. The molecule has 0 aliphatic carbocycles. The molecule has 3 rings (SSSR count). The van der Waals surface area contributed by atoms with E-state index in [0.29, 0.717) is 40.5 Å². The van der Waals surface area contributed by atoms with Gasteiger partial charge in [-0.2, -0.15) is 0 Å². The summed E-state index contributed by atoms with van der Waals surface area (Å²) in [5, 5.41) is 6.68. The highest BCUT2D eigenvalue weighted by Crippen LogP contribution is 2.18. The first-order valence-corrected chi connectivity index (χ1v) is 7.89. The largest absolute Gasteiger partial charge is 0.361 e. The molecule has 1 aromatic carbocycles. The summed E-state index contributed by atoms with van der Waals surface area (Å²) in [6.45, 7) is 3.61. The molecule has 0 aliphatic heterocycles. The third kappa shape index (κ3) is 3.21. The number of amides is 1. The summed E-state index contributed by atoms with van der Waals surface area (Å²) in [6, 6.07) is 6.69. The van der Waals surface area contributed by atoms with Crippen LogP contribution in [0.1, 0.15) is 44.9 Å². The molecule has 2 aromatic heterocycles. The Labute approximate surface area is 144 Å². The zero-order valence-electron chi connectivity index (χ0n) is 14.2. The number of carbonyl (C=O) groups is 2. The fourth-order valence-corrected chi connectivity index (χ4v) is 2.56. The van der Waals surface area contributed by atoms with Gasteiger partial charge in [-0.05, 0) is 37.6 Å². The van der Waals surface area contributed by atoms with Gasteiger partial charge in [0.25, 0.3) is 5.91 Å². The number of ketones is 1. The second-order valence-corrected chi connectivity index (χ2v) is 5.64. The van der Waals surface area contributed by atoms with E-state index in [1.165, 1.54) is 0 Å². The predicted molar refractivity (Wildman–Crippen MR) is 91.7 cm³/mol. The van der Waals surface area contributed by atoms with Gasteiger partial charge in [0.05, 0.1) is 5.69 Å². The monoisotopic (exact) mass is 338 g/mol. The van der Waals surface area contributed by atoms with Gasteiger partial charge in [-0.15, -0.1) is 0 Å². The number of nitrogens with zero attached hydrogens (tertiary/aromatic N) is 3. The normalized spacial score (nSPS) is 10.7. The molecule has 7 heteroatoms. The SMILES string of the molecule is CCc1noc(C)c1C(=O)Nc1ccc(C(=O)c2nccn2C)cc1. The highest BCUT2D eigenvalue weighted by molar-refractivity contribution is 6.08. The summed E-state index contributed by atoms with van der Waals surface area (Å²) in [6.07, 6.45) is 3.90. The Hall–Kier alpha value is -3.22. The van der Waals surface area contributed by atoms with Crippen molar-refractivity contribution in [3.63, 3.8) is 0 Å². The van der Waals surface area contributed by atoms with E-state index in [1.807, 2.05) is 6.92 Å². The van der Waals surface area contributed by atoms with E-state index in [9.17, 15) is 9.59 Å². The molecule has 2 heterocycles. The lowest BCUT2D eigenvalue weighted by molar-refractivity contribution is 0.101. The lowest BCUT2D eigenvalue weighted by Gasteiger charge is -2.06. The van der Waals surface area contributed by atoms with Crippen molar-refractivity contribution in [3.05, 3.63) is 65.1 Å². The van der Waals surface area contributed by atoms with Crippen LogP contribution in [-0.2, 0) is 13.5 Å². The summed E-state index contributed by atoms with van der Waals surface area (Å²) < 4.78 is 6.75. The molecule has 0 unspecified atom stereocenters. The van der Waals surface area contributed by atoms with Gasteiger partial charge in [0, 0.05) is 30.7 Å². The van der Waals surface area contributed by atoms with Crippen molar-refractivity contribution < 1.29 is 14.1 Å². The van der Waals surface area contributed by atoms with Gasteiger partial charge in [0.15, 0.2) is 5.82 Å². The van der Waals surface area contributed by atoms with E-state index < -0.39 is 0 Å². The summed E-state index contributed by atoms with van der Waals surface area (Å²) in [4.78, 5) is 28.9. The van der Waals surface area contributed by atoms with Gasteiger partial charge < -0.3 is 14.4 Å². The van der Waals surface area contributed by atoms with Gasteiger partial charge in [-0.3, -0.25) is 9.59 Å². The maximum atomic E-state index is 12.4. The topological polar surface area (TPSA) is 90.0 Å². The van der Waals surface area contributed by atoms with Crippen LogP contribution < -0.4 is 5.32 Å². The van der Waals surface area contributed by atoms with E-state index in [0.717, 1.165) is 0 Å². The highest BCUT2D eigenvalue weighted by Gasteiger charge is 2.19. The number of hydrogen-bond acceptors (Lipinski definition) is 5. The predicted octanol–water partition coefficient (Wildman–Crippen LogP) is 2.76. The van der Waals surface area contributed by atoms with Crippen LogP contribution in [0.2, 0.25) is 0 Å². The second-order valence-electron chi connectivity index (χ2n) is 5.64. The average Bonchev–Trinajstić information content (AvgIpc) is 3.20. The molecule has 0 saturated heterocycles. The molecule has 0 aliphatic rings. The van der Waals surface area contributed by atoms with Crippen molar-refractivity contribution >= 4 is 17.4 Å². The number of imidazole rings is 1. The van der Waals surface area contributed by atoms with E-state index >= 15 is 0 Å². The maximum absolute atomic E-state index is 12.4. The standard InChI is InChI=1S/C18H18N4O3/c1-4-14-15(11(2)25-21-14)18(24)20-13-7-5-12(6-8-13)16(23)17-19-9-10-22(17)3/h5-10H,4H2,1-3H3,(H,20,24). The van der Waals surface area contributed by atoms with E-state index in [2.05, 4.69) is 15.5 Å². The molecule has 25 heavy (non-hydrogen) atoms. The number of carbonyl (C=O) groups excluding carboxylic acids is 2. The Balaban J connectivity index is 1.77. The molecule has 3 aromatic rings. The Kier molecular flexibility index (Phi) is 4.47. The van der Waals surface area contributed by atoms with Crippen molar-refractivity contribution in [1.29, 1.82) is 0 Å². The quantitative estimate of drug-likeness (QED) is 0.723. The molecule has 0 spiro atoms. The zero-order chi connectivity index (χ0) is 18.0. The van der Waals surface area contributed by atoms with Crippen LogP contribution in [0, 0.1) is 6.92 Å². The number of rotatable bonds is 5. The van der Waals surface area contributed by atoms with Crippen LogP contribution in [0.5, 0.6) is 0 Å². The smallest absolute Gasteiger partial charge is 0.261 e. The average molecular weight is 338 g/mol. The van der Waals surface area contributed by atoms with Gasteiger partial charge >= 0.3 is 0 Å². The van der Waals surface area contributed by atoms with Crippen molar-refractivity contribution in [2.24, 2.45) is 7.05 Å². The molecule has 0 atom stereocenters. The minimum atomic E-state index is -0.279. The summed E-state index contributed by atoms with van der Waals surface area (Å²) in [5.41, 5.74) is 2.17. The Bertz CT molecular complexity index is 922. The first-order valence-electron chi connectivity index (χ1n) is 7.89. The molecule has 0 bridgehead atoms. The lowest BCUT2D eigenvalue weighted by Crippen LogP contribution is -2.14. The van der Waals surface area contributed by atoms with Crippen LogP contribution in [0.15, 0.2) is 41.2 Å².